The minimum atomic E-state index is -0.413. The van der Waals surface area contributed by atoms with Gasteiger partial charge in [0.05, 0.1) is 12.3 Å². The zero-order valence-corrected chi connectivity index (χ0v) is 9.36. The predicted molar refractivity (Wildman–Crippen MR) is 60.1 cm³/mol. The number of rotatable bonds is 3. The number of nitrogens with zero attached hydrogens (tertiary/aromatic N) is 2. The van der Waals surface area contributed by atoms with Gasteiger partial charge in [0, 0.05) is 4.47 Å². The van der Waals surface area contributed by atoms with Crippen LogP contribution in [0.4, 0.5) is 0 Å². The molecule has 0 aliphatic carbocycles. The summed E-state index contributed by atoms with van der Waals surface area (Å²) in [5.74, 6) is -0.413. The molecule has 1 aromatic rings. The smallest absolute Gasteiger partial charge is 0.254 e. The highest BCUT2D eigenvalue weighted by molar-refractivity contribution is 9.10. The van der Waals surface area contributed by atoms with Crippen molar-refractivity contribution in [3.05, 3.63) is 34.3 Å². The van der Waals surface area contributed by atoms with Crippen molar-refractivity contribution in [3.63, 3.8) is 0 Å². The topological polar surface area (TPSA) is 65.2 Å². The molecule has 0 radical (unpaired) electrons. The second-order valence-electron chi connectivity index (χ2n) is 2.68. The maximum atomic E-state index is 10.8. The van der Waals surface area contributed by atoms with Crippen molar-refractivity contribution < 1.29 is 4.79 Å². The van der Waals surface area contributed by atoms with E-state index < -0.39 is 5.91 Å². The molecule has 0 heterocycles. The molecule has 0 fully saturated rings. The van der Waals surface area contributed by atoms with Gasteiger partial charge in [0.1, 0.15) is 6.42 Å². The third-order valence-corrected chi connectivity index (χ3v) is 1.98. The van der Waals surface area contributed by atoms with Gasteiger partial charge in [0.15, 0.2) is 0 Å². The summed E-state index contributed by atoms with van der Waals surface area (Å²) in [7, 11) is 0. The second-order valence-corrected chi connectivity index (χ2v) is 3.60. The number of carbonyl (C=O) groups excluding carboxylic acids is 1. The minimum absolute atomic E-state index is 0.185. The average Bonchev–Trinajstić information content (AvgIpc) is 2.18. The van der Waals surface area contributed by atoms with E-state index in [2.05, 4.69) is 26.5 Å². The van der Waals surface area contributed by atoms with Gasteiger partial charge in [-0.3, -0.25) is 4.79 Å². The van der Waals surface area contributed by atoms with Crippen molar-refractivity contribution in [1.29, 1.82) is 5.26 Å². The van der Waals surface area contributed by atoms with Crippen LogP contribution in [0.5, 0.6) is 0 Å². The van der Waals surface area contributed by atoms with Crippen LogP contribution < -0.4 is 5.43 Å². The first-order valence-electron chi connectivity index (χ1n) is 4.17. The van der Waals surface area contributed by atoms with Gasteiger partial charge in [-0.1, -0.05) is 28.1 Å². The number of hydrogen-bond donors (Lipinski definition) is 1. The summed E-state index contributed by atoms with van der Waals surface area (Å²) >= 11 is 3.32. The van der Waals surface area contributed by atoms with Gasteiger partial charge >= 0.3 is 0 Å². The number of benzene rings is 1. The highest BCUT2D eigenvalue weighted by Crippen LogP contribution is 2.09. The number of hydrogen-bond acceptors (Lipinski definition) is 3. The van der Waals surface area contributed by atoms with Crippen molar-refractivity contribution in [1.82, 2.24) is 5.43 Å². The third kappa shape index (κ3) is 4.38. The van der Waals surface area contributed by atoms with Crippen LogP contribution >= 0.6 is 15.9 Å². The van der Waals surface area contributed by atoms with E-state index in [-0.39, 0.29) is 6.42 Å². The summed E-state index contributed by atoms with van der Waals surface area (Å²) in [4.78, 5) is 10.8. The molecule has 1 N–H and O–H groups in total. The molecule has 1 aromatic carbocycles. The Kier molecular flexibility index (Phi) is 4.51. The lowest BCUT2D eigenvalue weighted by atomic mass is 10.2. The number of halogens is 1. The van der Waals surface area contributed by atoms with Crippen molar-refractivity contribution >= 4 is 28.1 Å². The van der Waals surface area contributed by atoms with Gasteiger partial charge in [-0.25, -0.2) is 5.43 Å². The Hall–Kier alpha value is -1.67. The van der Waals surface area contributed by atoms with Crippen LogP contribution in [-0.4, -0.2) is 12.1 Å². The molecule has 1 rings (SSSR count). The molecule has 0 aromatic heterocycles. The lowest BCUT2D eigenvalue weighted by molar-refractivity contribution is -0.120. The first kappa shape index (κ1) is 11.4. The average molecular weight is 266 g/mol. The number of hydrazone groups is 1. The Bertz CT molecular complexity index is 423. The van der Waals surface area contributed by atoms with Crippen LogP contribution in [0.25, 0.3) is 0 Å². The zero-order chi connectivity index (χ0) is 11.1. The fourth-order valence-corrected chi connectivity index (χ4v) is 1.29. The van der Waals surface area contributed by atoms with E-state index in [1.54, 1.807) is 6.07 Å². The molecular weight excluding hydrogens is 258 g/mol. The number of nitrogens with one attached hydrogen (secondary N) is 1. The van der Waals surface area contributed by atoms with E-state index in [0.29, 0.717) is 0 Å². The summed E-state index contributed by atoms with van der Waals surface area (Å²) < 4.78 is 0.940. The first-order valence-corrected chi connectivity index (χ1v) is 4.96. The van der Waals surface area contributed by atoms with Crippen molar-refractivity contribution in [2.75, 3.05) is 0 Å². The van der Waals surface area contributed by atoms with Crippen LogP contribution in [0.15, 0.2) is 33.8 Å². The lowest BCUT2D eigenvalue weighted by Crippen LogP contribution is -2.16. The van der Waals surface area contributed by atoms with Crippen LogP contribution in [-0.2, 0) is 4.79 Å². The number of amides is 1. The number of carbonyl (C=O) groups is 1. The monoisotopic (exact) mass is 265 g/mol. The van der Waals surface area contributed by atoms with E-state index in [0.717, 1.165) is 10.0 Å². The first-order chi connectivity index (χ1) is 7.22. The largest absolute Gasteiger partial charge is 0.272 e. The number of nitriles is 1. The normalized spacial score (nSPS) is 9.87. The van der Waals surface area contributed by atoms with Gasteiger partial charge < -0.3 is 0 Å². The molecular formula is C10H8BrN3O. The molecule has 0 atom stereocenters. The molecule has 0 unspecified atom stereocenters. The molecule has 0 aliphatic rings. The SMILES string of the molecule is N#CCC(=O)N/N=C\c1cccc(Br)c1. The van der Waals surface area contributed by atoms with E-state index >= 15 is 0 Å². The van der Waals surface area contributed by atoms with Crippen LogP contribution in [0.3, 0.4) is 0 Å². The van der Waals surface area contributed by atoms with E-state index in [4.69, 9.17) is 5.26 Å². The van der Waals surface area contributed by atoms with Gasteiger partial charge in [0.25, 0.3) is 5.91 Å². The lowest BCUT2D eigenvalue weighted by Gasteiger charge is -1.95. The Morgan fingerprint density at radius 3 is 3.13 bits per heavy atom. The summed E-state index contributed by atoms with van der Waals surface area (Å²) in [6.45, 7) is 0. The zero-order valence-electron chi connectivity index (χ0n) is 7.77. The summed E-state index contributed by atoms with van der Waals surface area (Å²) in [6.07, 6.45) is 1.33. The van der Waals surface area contributed by atoms with Crippen LogP contribution in [0, 0.1) is 11.3 Å². The van der Waals surface area contributed by atoms with Gasteiger partial charge in [-0.15, -0.1) is 0 Å². The molecule has 0 spiro atoms. The molecule has 1 amide bonds. The minimum Gasteiger partial charge on any atom is -0.272 e. The fraction of sp³-hybridized carbons (Fsp3) is 0.100. The van der Waals surface area contributed by atoms with Crippen LogP contribution in [0.1, 0.15) is 12.0 Å². The molecule has 0 saturated heterocycles. The van der Waals surface area contributed by atoms with E-state index in [1.807, 2.05) is 24.3 Å². The van der Waals surface area contributed by atoms with Crippen LogP contribution in [0.2, 0.25) is 0 Å². The molecule has 4 nitrogen and oxygen atoms in total. The molecule has 0 bridgehead atoms. The van der Waals surface area contributed by atoms with E-state index in [9.17, 15) is 4.79 Å². The summed E-state index contributed by atoms with van der Waals surface area (Å²) in [5, 5.41) is 11.9. The molecule has 76 valence electrons. The highest BCUT2D eigenvalue weighted by atomic mass is 79.9. The summed E-state index contributed by atoms with van der Waals surface area (Å²) in [6, 6.07) is 9.20. The fourth-order valence-electron chi connectivity index (χ4n) is 0.877. The van der Waals surface area contributed by atoms with Gasteiger partial charge in [-0.2, -0.15) is 10.4 Å². The molecule has 0 saturated carbocycles. The van der Waals surface area contributed by atoms with Crippen molar-refractivity contribution in [2.45, 2.75) is 6.42 Å². The molecule has 0 aliphatic heterocycles. The Labute approximate surface area is 95.7 Å². The Morgan fingerprint density at radius 2 is 2.47 bits per heavy atom. The van der Waals surface area contributed by atoms with E-state index in [1.165, 1.54) is 6.21 Å². The van der Waals surface area contributed by atoms with Gasteiger partial charge in [-0.05, 0) is 17.7 Å². The molecule has 5 heteroatoms. The quantitative estimate of drug-likeness (QED) is 0.669. The second kappa shape index (κ2) is 5.94. The maximum absolute atomic E-state index is 10.8. The predicted octanol–water partition coefficient (Wildman–Crippen LogP) is 1.81. The summed E-state index contributed by atoms with van der Waals surface area (Å²) in [5.41, 5.74) is 3.11. The Balaban J connectivity index is 2.52. The standard InChI is InChI=1S/C10H8BrN3O/c11-9-3-1-2-8(6-9)7-13-14-10(15)4-5-12/h1-3,6-7H,4H2,(H,14,15)/b13-7-. The Morgan fingerprint density at radius 1 is 1.67 bits per heavy atom. The maximum Gasteiger partial charge on any atom is 0.254 e. The van der Waals surface area contributed by atoms with Gasteiger partial charge in [0.2, 0.25) is 0 Å². The third-order valence-electron chi connectivity index (χ3n) is 1.49. The van der Waals surface area contributed by atoms with Crippen molar-refractivity contribution in [3.8, 4) is 6.07 Å². The van der Waals surface area contributed by atoms with Crippen molar-refractivity contribution in [2.24, 2.45) is 5.10 Å². The highest BCUT2D eigenvalue weighted by Gasteiger charge is 1.95. The molecule has 15 heavy (non-hydrogen) atoms.